The summed E-state index contributed by atoms with van der Waals surface area (Å²) in [5, 5.41) is 10.1. The highest BCUT2D eigenvalue weighted by molar-refractivity contribution is 6.25. The molecule has 7 nitrogen and oxygen atoms in total. The number of Topliss-reactive ketones (excluding diaryl/α,β-unsaturated/α-hetero) is 2. The van der Waals surface area contributed by atoms with Gasteiger partial charge in [0.1, 0.15) is 5.75 Å². The maximum absolute atomic E-state index is 13.9. The largest absolute Gasteiger partial charge is 0.508 e. The van der Waals surface area contributed by atoms with Gasteiger partial charge in [0.2, 0.25) is 11.8 Å². The van der Waals surface area contributed by atoms with Crippen LogP contribution >= 0.6 is 0 Å². The first-order valence-electron chi connectivity index (χ1n) is 13.1. The molecule has 2 aromatic rings. The second-order valence-corrected chi connectivity index (χ2v) is 10.9. The number of amides is 2. The number of allylic oxidation sites excluding steroid dienone is 6. The Bertz CT molecular complexity index is 1610. The maximum Gasteiger partial charge on any atom is 0.238 e. The number of rotatable bonds is 3. The molecular weight excluding hydrogens is 494 g/mol. The number of phenolic OH excluding ortho intramolecular Hbond substituents is 1. The van der Waals surface area contributed by atoms with Crippen molar-refractivity contribution in [2.24, 2.45) is 17.8 Å². The highest BCUT2D eigenvalue weighted by Gasteiger charge is 2.56. The lowest BCUT2D eigenvalue weighted by Crippen LogP contribution is -2.39. The lowest BCUT2D eigenvalue weighted by molar-refractivity contribution is -0.123. The summed E-state index contributed by atoms with van der Waals surface area (Å²) in [6, 6.07) is 11.6. The van der Waals surface area contributed by atoms with E-state index in [1.165, 1.54) is 17.9 Å². The molecule has 2 amide bonds. The van der Waals surface area contributed by atoms with Crippen molar-refractivity contribution in [1.82, 2.24) is 0 Å². The zero-order valence-electron chi connectivity index (χ0n) is 21.9. The normalized spacial score (nSPS) is 26.2. The Balaban J connectivity index is 1.46. The van der Waals surface area contributed by atoms with Gasteiger partial charge in [-0.05, 0) is 87.1 Å². The predicted molar refractivity (Wildman–Crippen MR) is 143 cm³/mol. The molecule has 4 unspecified atom stereocenters. The number of carbonyl (C=O) groups excluding carboxylic acids is 5. The van der Waals surface area contributed by atoms with Gasteiger partial charge in [0, 0.05) is 28.2 Å². The fourth-order valence-corrected chi connectivity index (χ4v) is 6.72. The minimum absolute atomic E-state index is 0.110. The number of benzene rings is 2. The molecule has 0 radical (unpaired) electrons. The zero-order valence-corrected chi connectivity index (χ0v) is 21.9. The number of phenols is 1. The van der Waals surface area contributed by atoms with Crippen LogP contribution in [0.3, 0.4) is 0 Å². The molecule has 1 N–H and O–H groups in total. The lowest BCUT2D eigenvalue weighted by atomic mass is 9.59. The summed E-state index contributed by atoms with van der Waals surface area (Å²) in [6.45, 7) is 4.84. The molecule has 7 heteroatoms. The van der Waals surface area contributed by atoms with E-state index in [9.17, 15) is 29.1 Å². The van der Waals surface area contributed by atoms with E-state index >= 15 is 0 Å². The highest BCUT2D eigenvalue weighted by Crippen LogP contribution is 2.55. The van der Waals surface area contributed by atoms with E-state index in [4.69, 9.17) is 0 Å². The second-order valence-electron chi connectivity index (χ2n) is 10.9. The fraction of sp³-hybridized carbons (Fsp3) is 0.281. The summed E-state index contributed by atoms with van der Waals surface area (Å²) in [7, 11) is 0. The number of anilines is 1. The number of fused-ring (bicyclic) bond motifs is 3. The van der Waals surface area contributed by atoms with E-state index in [1.54, 1.807) is 50.2 Å². The highest BCUT2D eigenvalue weighted by atomic mass is 16.3. The van der Waals surface area contributed by atoms with Gasteiger partial charge in [0.25, 0.3) is 0 Å². The van der Waals surface area contributed by atoms with E-state index < -0.39 is 23.7 Å². The van der Waals surface area contributed by atoms with Gasteiger partial charge in [-0.2, -0.15) is 0 Å². The molecule has 1 aliphatic heterocycles. The molecule has 0 saturated carbocycles. The summed E-state index contributed by atoms with van der Waals surface area (Å²) in [5.74, 6) is -3.27. The van der Waals surface area contributed by atoms with Crippen molar-refractivity contribution in [2.75, 3.05) is 4.90 Å². The third-order valence-corrected chi connectivity index (χ3v) is 8.65. The molecule has 1 heterocycles. The third kappa shape index (κ3) is 3.67. The van der Waals surface area contributed by atoms with Crippen LogP contribution in [-0.4, -0.2) is 34.3 Å². The predicted octanol–water partition coefficient (Wildman–Crippen LogP) is 4.54. The summed E-state index contributed by atoms with van der Waals surface area (Å²) < 4.78 is 0. The molecule has 1 fully saturated rings. The molecule has 3 aliphatic carbocycles. The van der Waals surface area contributed by atoms with E-state index in [2.05, 4.69) is 0 Å². The number of nitrogens with zero attached hydrogens (tertiary/aromatic N) is 1. The number of aromatic hydroxyl groups is 1. The van der Waals surface area contributed by atoms with Crippen LogP contribution < -0.4 is 4.90 Å². The number of ketones is 3. The Morgan fingerprint density at radius 1 is 0.949 bits per heavy atom. The molecule has 4 atom stereocenters. The van der Waals surface area contributed by atoms with Gasteiger partial charge < -0.3 is 5.11 Å². The Hall–Kier alpha value is -4.39. The van der Waals surface area contributed by atoms with Crippen molar-refractivity contribution >= 4 is 34.9 Å². The van der Waals surface area contributed by atoms with Crippen molar-refractivity contribution in [2.45, 2.75) is 39.5 Å². The first-order chi connectivity index (χ1) is 18.6. The molecule has 196 valence electrons. The number of carbonyl (C=O) groups is 5. The van der Waals surface area contributed by atoms with Crippen LogP contribution in [0.5, 0.6) is 5.75 Å². The maximum atomic E-state index is 13.9. The minimum atomic E-state index is -0.672. The van der Waals surface area contributed by atoms with Crippen LogP contribution in [0.1, 0.15) is 54.1 Å². The van der Waals surface area contributed by atoms with Crippen LogP contribution in [0, 0.1) is 24.7 Å². The molecule has 1 saturated heterocycles. The van der Waals surface area contributed by atoms with Gasteiger partial charge in [0.05, 0.1) is 17.5 Å². The molecule has 6 rings (SSSR count). The number of aryl methyl sites for hydroxylation is 1. The van der Waals surface area contributed by atoms with Crippen LogP contribution in [0.15, 0.2) is 76.9 Å². The van der Waals surface area contributed by atoms with E-state index in [-0.39, 0.29) is 41.3 Å². The number of imide groups is 1. The Kier molecular flexibility index (Phi) is 5.64. The average Bonchev–Trinajstić information content (AvgIpc) is 3.17. The fourth-order valence-electron chi connectivity index (χ4n) is 6.72. The molecule has 0 aromatic heterocycles. The van der Waals surface area contributed by atoms with Crippen molar-refractivity contribution in [1.29, 1.82) is 0 Å². The van der Waals surface area contributed by atoms with Gasteiger partial charge in [-0.25, -0.2) is 0 Å². The van der Waals surface area contributed by atoms with E-state index in [1.807, 2.05) is 12.1 Å². The van der Waals surface area contributed by atoms with Gasteiger partial charge >= 0.3 is 0 Å². The van der Waals surface area contributed by atoms with Crippen molar-refractivity contribution in [3.05, 3.63) is 93.6 Å². The first kappa shape index (κ1) is 24.9. The Morgan fingerprint density at radius 2 is 1.67 bits per heavy atom. The molecular formula is C32H27NO6. The van der Waals surface area contributed by atoms with Gasteiger partial charge in [-0.15, -0.1) is 0 Å². The van der Waals surface area contributed by atoms with E-state index in [0.717, 1.165) is 11.1 Å². The molecule has 0 spiro atoms. The lowest BCUT2D eigenvalue weighted by Gasteiger charge is -2.42. The molecule has 2 aromatic carbocycles. The Morgan fingerprint density at radius 3 is 2.33 bits per heavy atom. The van der Waals surface area contributed by atoms with Crippen LogP contribution in [0.4, 0.5) is 5.69 Å². The van der Waals surface area contributed by atoms with Gasteiger partial charge in [0.15, 0.2) is 17.3 Å². The van der Waals surface area contributed by atoms with Crippen LogP contribution in [-0.2, 0) is 19.2 Å². The van der Waals surface area contributed by atoms with Gasteiger partial charge in [-0.3, -0.25) is 28.9 Å². The van der Waals surface area contributed by atoms with Crippen LogP contribution in [0.2, 0.25) is 0 Å². The minimum Gasteiger partial charge on any atom is -0.508 e. The standard InChI is InChI=1S/C32H27NO6/c1-15-12-19(6-11-25(15)35)27-21-9-10-22-28(23(21)14-24-29(27)26(36)13-16(2)30(24)37)32(39)33(31(22)38)20-7-4-18(5-8-20)17(3)34/h4-9,11-13,22-23,27-28,35H,10,14H2,1-3H3. The van der Waals surface area contributed by atoms with Gasteiger partial charge in [-0.1, -0.05) is 23.8 Å². The second kappa shape index (κ2) is 8.83. The smallest absolute Gasteiger partial charge is 0.238 e. The quantitative estimate of drug-likeness (QED) is 0.275. The number of hydrogen-bond acceptors (Lipinski definition) is 6. The number of hydrogen-bond donors (Lipinski definition) is 1. The van der Waals surface area contributed by atoms with Crippen molar-refractivity contribution in [3.63, 3.8) is 0 Å². The SMILES string of the molecule is CC(=O)c1ccc(N2C(=O)C3CC=C4C(c5ccc(O)c(C)c5)C5=C(CC4C3C2=O)C(=O)C(C)=CC5=O)cc1. The zero-order chi connectivity index (χ0) is 27.7. The van der Waals surface area contributed by atoms with Crippen molar-refractivity contribution < 1.29 is 29.1 Å². The third-order valence-electron chi connectivity index (χ3n) is 8.65. The summed E-state index contributed by atoms with van der Waals surface area (Å²) >= 11 is 0. The molecule has 0 bridgehead atoms. The van der Waals surface area contributed by atoms with E-state index in [0.29, 0.717) is 40.0 Å². The Labute approximate surface area is 225 Å². The summed E-state index contributed by atoms with van der Waals surface area (Å²) in [4.78, 5) is 67.1. The van der Waals surface area contributed by atoms with Crippen molar-refractivity contribution in [3.8, 4) is 5.75 Å². The summed E-state index contributed by atoms with van der Waals surface area (Å²) in [5.41, 5.74) is 4.35. The molecule has 39 heavy (non-hydrogen) atoms. The topological polar surface area (TPSA) is 109 Å². The average molecular weight is 522 g/mol. The monoisotopic (exact) mass is 521 g/mol. The van der Waals surface area contributed by atoms with Crippen LogP contribution in [0.25, 0.3) is 0 Å². The first-order valence-corrected chi connectivity index (χ1v) is 13.1. The molecule has 4 aliphatic rings. The summed E-state index contributed by atoms with van der Waals surface area (Å²) in [6.07, 6.45) is 3.90.